The zero-order valence-electron chi connectivity index (χ0n) is 16.2. The summed E-state index contributed by atoms with van der Waals surface area (Å²) < 4.78 is 25.1. The van der Waals surface area contributed by atoms with Crippen molar-refractivity contribution in [3.8, 4) is 17.6 Å². The highest BCUT2D eigenvalue weighted by Gasteiger charge is 2.10. The highest BCUT2D eigenvalue weighted by molar-refractivity contribution is 6.35. The van der Waals surface area contributed by atoms with Gasteiger partial charge in [0, 0.05) is 15.6 Å². The third-order valence-electron chi connectivity index (χ3n) is 4.23. The Hall–Kier alpha value is -3.00. The molecule has 0 aromatic heterocycles. The van der Waals surface area contributed by atoms with Crippen molar-refractivity contribution < 1.29 is 13.9 Å². The van der Waals surface area contributed by atoms with Gasteiger partial charge in [0.15, 0.2) is 11.5 Å². The number of ether oxygens (including phenoxy) is 2. The molecule has 0 bridgehead atoms. The van der Waals surface area contributed by atoms with Crippen LogP contribution in [0.3, 0.4) is 0 Å². The molecule has 0 saturated heterocycles. The Kier molecular flexibility index (Phi) is 7.35. The molecule has 0 aliphatic carbocycles. The predicted molar refractivity (Wildman–Crippen MR) is 118 cm³/mol. The van der Waals surface area contributed by atoms with Crippen LogP contribution in [0.15, 0.2) is 60.7 Å². The van der Waals surface area contributed by atoms with Gasteiger partial charge < -0.3 is 9.47 Å². The molecule has 3 aromatic carbocycles. The summed E-state index contributed by atoms with van der Waals surface area (Å²) in [5, 5.41) is 10.6. The van der Waals surface area contributed by atoms with Crippen molar-refractivity contribution in [1.82, 2.24) is 0 Å². The number of halogens is 3. The third-order valence-corrected chi connectivity index (χ3v) is 4.82. The molecule has 0 aliphatic heterocycles. The van der Waals surface area contributed by atoms with Crippen molar-refractivity contribution in [2.45, 2.75) is 13.5 Å². The fourth-order valence-electron chi connectivity index (χ4n) is 2.80. The average Bonchev–Trinajstić information content (AvgIpc) is 2.72. The second kappa shape index (κ2) is 10.2. The molecule has 0 heterocycles. The molecule has 0 radical (unpaired) electrons. The van der Waals surface area contributed by atoms with E-state index in [1.165, 1.54) is 12.1 Å². The van der Waals surface area contributed by atoms with E-state index in [2.05, 4.69) is 6.07 Å². The van der Waals surface area contributed by atoms with Gasteiger partial charge in [0.05, 0.1) is 18.2 Å². The average molecular weight is 442 g/mol. The molecule has 0 unspecified atom stereocenters. The van der Waals surface area contributed by atoms with Gasteiger partial charge in [-0.05, 0) is 60.5 Å². The standard InChI is InChI=1S/C24H18Cl2FNO2/c1-2-29-24-11-16(10-19(14-28)17-4-3-5-21(27)12-17)6-9-23(24)30-15-18-7-8-20(25)13-22(18)26/h3-13H,2,15H2,1H3/b19-10-. The van der Waals surface area contributed by atoms with Crippen molar-refractivity contribution in [3.63, 3.8) is 0 Å². The topological polar surface area (TPSA) is 42.2 Å². The van der Waals surface area contributed by atoms with E-state index in [1.54, 1.807) is 54.6 Å². The van der Waals surface area contributed by atoms with Crippen LogP contribution >= 0.6 is 23.2 Å². The Labute approximate surface area is 184 Å². The number of benzene rings is 3. The molecular weight excluding hydrogens is 424 g/mol. The van der Waals surface area contributed by atoms with Gasteiger partial charge in [-0.25, -0.2) is 4.39 Å². The van der Waals surface area contributed by atoms with E-state index in [1.807, 2.05) is 6.92 Å². The molecule has 30 heavy (non-hydrogen) atoms. The van der Waals surface area contributed by atoms with Crippen LogP contribution in [0, 0.1) is 17.1 Å². The summed E-state index contributed by atoms with van der Waals surface area (Å²) in [6.07, 6.45) is 1.68. The molecule has 3 aromatic rings. The maximum absolute atomic E-state index is 13.5. The molecule has 0 amide bonds. The number of nitrogens with zero attached hydrogens (tertiary/aromatic N) is 1. The summed E-state index contributed by atoms with van der Waals surface area (Å²) in [7, 11) is 0. The van der Waals surface area contributed by atoms with E-state index < -0.39 is 5.82 Å². The largest absolute Gasteiger partial charge is 0.490 e. The Balaban J connectivity index is 1.86. The molecular formula is C24H18Cl2FNO2. The quantitative estimate of drug-likeness (QED) is 0.288. The van der Waals surface area contributed by atoms with E-state index in [4.69, 9.17) is 32.7 Å². The summed E-state index contributed by atoms with van der Waals surface area (Å²) >= 11 is 12.1. The SMILES string of the molecule is CCOc1cc(/C=C(/C#N)c2cccc(F)c2)ccc1OCc1ccc(Cl)cc1Cl. The van der Waals surface area contributed by atoms with Crippen LogP contribution in [-0.4, -0.2) is 6.61 Å². The number of hydrogen-bond donors (Lipinski definition) is 0. The van der Waals surface area contributed by atoms with E-state index >= 15 is 0 Å². The Morgan fingerprint density at radius 3 is 2.57 bits per heavy atom. The van der Waals surface area contributed by atoms with E-state index in [0.29, 0.717) is 39.3 Å². The molecule has 3 nitrogen and oxygen atoms in total. The lowest BCUT2D eigenvalue weighted by Crippen LogP contribution is -2.00. The van der Waals surface area contributed by atoms with Crippen LogP contribution in [0.25, 0.3) is 11.6 Å². The molecule has 3 rings (SSSR count). The van der Waals surface area contributed by atoms with Crippen molar-refractivity contribution >= 4 is 34.9 Å². The van der Waals surface area contributed by atoms with Crippen molar-refractivity contribution in [3.05, 3.63) is 93.2 Å². The van der Waals surface area contributed by atoms with Gasteiger partial charge >= 0.3 is 0 Å². The first-order chi connectivity index (χ1) is 14.5. The van der Waals surface area contributed by atoms with Crippen LogP contribution in [-0.2, 0) is 6.61 Å². The van der Waals surface area contributed by atoms with Gasteiger partial charge in [-0.1, -0.05) is 47.5 Å². The maximum Gasteiger partial charge on any atom is 0.161 e. The minimum atomic E-state index is -0.395. The zero-order chi connectivity index (χ0) is 21.5. The Bertz CT molecular complexity index is 1120. The van der Waals surface area contributed by atoms with Gasteiger partial charge in [0.25, 0.3) is 0 Å². The lowest BCUT2D eigenvalue weighted by Gasteiger charge is -2.13. The highest BCUT2D eigenvalue weighted by atomic mass is 35.5. The lowest BCUT2D eigenvalue weighted by molar-refractivity contribution is 0.269. The van der Waals surface area contributed by atoms with Crippen molar-refractivity contribution in [2.75, 3.05) is 6.61 Å². The smallest absolute Gasteiger partial charge is 0.161 e. The number of rotatable bonds is 7. The molecule has 0 N–H and O–H groups in total. The van der Waals surface area contributed by atoms with Crippen LogP contribution in [0.5, 0.6) is 11.5 Å². The number of hydrogen-bond acceptors (Lipinski definition) is 3. The first-order valence-electron chi connectivity index (χ1n) is 9.21. The molecule has 0 aliphatic rings. The third kappa shape index (κ3) is 5.54. The normalized spacial score (nSPS) is 11.1. The minimum absolute atomic E-state index is 0.248. The fourth-order valence-corrected chi connectivity index (χ4v) is 3.26. The second-order valence-electron chi connectivity index (χ2n) is 6.34. The molecule has 152 valence electrons. The van der Waals surface area contributed by atoms with Crippen molar-refractivity contribution in [2.24, 2.45) is 0 Å². The van der Waals surface area contributed by atoms with Crippen LogP contribution < -0.4 is 9.47 Å². The Morgan fingerprint density at radius 1 is 1.03 bits per heavy atom. The molecule has 0 atom stereocenters. The molecule has 6 heteroatoms. The molecule has 0 fully saturated rings. The first kappa shape index (κ1) is 21.7. The summed E-state index contributed by atoms with van der Waals surface area (Å²) in [5.41, 5.74) is 2.38. The van der Waals surface area contributed by atoms with Crippen LogP contribution in [0.1, 0.15) is 23.6 Å². The maximum atomic E-state index is 13.5. The summed E-state index contributed by atoms with van der Waals surface area (Å²) in [6.45, 7) is 2.56. The van der Waals surface area contributed by atoms with Gasteiger partial charge in [-0.15, -0.1) is 0 Å². The fraction of sp³-hybridized carbons (Fsp3) is 0.125. The predicted octanol–water partition coefficient (Wildman–Crippen LogP) is 7.17. The van der Waals surface area contributed by atoms with Crippen molar-refractivity contribution in [1.29, 1.82) is 5.26 Å². The Morgan fingerprint density at radius 2 is 1.87 bits per heavy atom. The van der Waals surface area contributed by atoms with E-state index in [-0.39, 0.29) is 6.61 Å². The first-order valence-corrected chi connectivity index (χ1v) is 9.97. The second-order valence-corrected chi connectivity index (χ2v) is 7.19. The van der Waals surface area contributed by atoms with Gasteiger partial charge in [0.1, 0.15) is 12.4 Å². The summed E-state index contributed by atoms with van der Waals surface area (Å²) in [5.74, 6) is 0.686. The van der Waals surface area contributed by atoms with E-state index in [0.717, 1.165) is 11.1 Å². The van der Waals surface area contributed by atoms with Gasteiger partial charge in [0.2, 0.25) is 0 Å². The zero-order valence-corrected chi connectivity index (χ0v) is 17.7. The number of nitriles is 1. The monoisotopic (exact) mass is 441 g/mol. The van der Waals surface area contributed by atoms with E-state index in [9.17, 15) is 9.65 Å². The molecule has 0 spiro atoms. The van der Waals surface area contributed by atoms with Gasteiger partial charge in [-0.2, -0.15) is 5.26 Å². The van der Waals surface area contributed by atoms with Gasteiger partial charge in [-0.3, -0.25) is 0 Å². The minimum Gasteiger partial charge on any atom is -0.490 e. The summed E-state index contributed by atoms with van der Waals surface area (Å²) in [4.78, 5) is 0. The molecule has 0 saturated carbocycles. The summed E-state index contributed by atoms with van der Waals surface area (Å²) in [6, 6.07) is 18.6. The lowest BCUT2D eigenvalue weighted by atomic mass is 10.0. The van der Waals surface area contributed by atoms with Crippen LogP contribution in [0.4, 0.5) is 4.39 Å². The number of allylic oxidation sites excluding steroid dienone is 1. The highest BCUT2D eigenvalue weighted by Crippen LogP contribution is 2.32. The van der Waals surface area contributed by atoms with Crippen LogP contribution in [0.2, 0.25) is 10.0 Å².